The third-order valence-corrected chi connectivity index (χ3v) is 6.15. The first-order valence-electron chi connectivity index (χ1n) is 14.1. The van der Waals surface area contributed by atoms with Gasteiger partial charge in [-0.2, -0.15) is 0 Å². The maximum absolute atomic E-state index is 11.9. The Labute approximate surface area is 244 Å². The summed E-state index contributed by atoms with van der Waals surface area (Å²) in [4.78, 5) is 35.0. The van der Waals surface area contributed by atoms with Crippen molar-refractivity contribution in [1.29, 1.82) is 0 Å². The molecule has 0 aliphatic rings. The van der Waals surface area contributed by atoms with Gasteiger partial charge in [0, 0.05) is 12.8 Å². The van der Waals surface area contributed by atoms with E-state index >= 15 is 0 Å². The van der Waals surface area contributed by atoms with Gasteiger partial charge >= 0.3 is 61.9 Å². The number of carboxylic acid groups (broad SMARTS) is 1. The standard InChI is InChI=1S/C28H52O6.Ca.2H/c1-3-5-7-9-10-11-12-13-14-15-16-17-18-20-22-24-26(30)34-28(27(31)32)33-25(29)23-21-19-8-6-4-2;;;/h28H,3-24H2,1-2H3,(H,31,32);;;. The van der Waals surface area contributed by atoms with Crippen molar-refractivity contribution < 1.29 is 29.0 Å². The molecule has 0 aromatic carbocycles. The summed E-state index contributed by atoms with van der Waals surface area (Å²) in [7, 11) is 0. The Hall–Kier alpha value is -0.330. The molecule has 0 aromatic rings. The van der Waals surface area contributed by atoms with E-state index in [1.165, 1.54) is 77.0 Å². The zero-order valence-electron chi connectivity index (χ0n) is 22.1. The Balaban J connectivity index is 0. The number of carbonyl (C=O) groups is 3. The number of hydrogen-bond donors (Lipinski definition) is 1. The Kier molecular flexibility index (Phi) is 29.7. The van der Waals surface area contributed by atoms with Gasteiger partial charge in [0.05, 0.1) is 0 Å². The second-order valence-corrected chi connectivity index (χ2v) is 9.51. The van der Waals surface area contributed by atoms with E-state index in [9.17, 15) is 14.4 Å². The van der Waals surface area contributed by atoms with E-state index in [4.69, 9.17) is 14.6 Å². The molecule has 0 saturated carbocycles. The number of carboxylic acids is 1. The minimum absolute atomic E-state index is 0. The summed E-state index contributed by atoms with van der Waals surface area (Å²) in [5.41, 5.74) is 0. The molecule has 0 aliphatic heterocycles. The van der Waals surface area contributed by atoms with Crippen LogP contribution in [0.4, 0.5) is 0 Å². The SMILES string of the molecule is CCCCCCCCCCCCCCCCCC(=O)OC(OC(=O)CCCCCCC)C(=O)O.[CaH2]. The molecule has 0 aromatic heterocycles. The Morgan fingerprint density at radius 1 is 0.514 bits per heavy atom. The van der Waals surface area contributed by atoms with E-state index in [0.717, 1.165) is 38.5 Å². The van der Waals surface area contributed by atoms with Crippen molar-refractivity contribution in [3.8, 4) is 0 Å². The predicted octanol–water partition coefficient (Wildman–Crippen LogP) is 7.19. The number of rotatable bonds is 25. The fourth-order valence-electron chi connectivity index (χ4n) is 4.00. The molecule has 1 unspecified atom stereocenters. The van der Waals surface area contributed by atoms with Crippen LogP contribution >= 0.6 is 0 Å². The molecule has 1 N–H and O–H groups in total. The molecule has 6 nitrogen and oxygen atoms in total. The number of aliphatic carboxylic acids is 1. The van der Waals surface area contributed by atoms with Gasteiger partial charge in [-0.25, -0.2) is 4.79 Å². The molecule has 1 atom stereocenters. The molecule has 0 aliphatic carbocycles. The van der Waals surface area contributed by atoms with E-state index < -0.39 is 24.2 Å². The van der Waals surface area contributed by atoms with E-state index in [-0.39, 0.29) is 50.6 Å². The Morgan fingerprint density at radius 2 is 0.771 bits per heavy atom. The van der Waals surface area contributed by atoms with Crippen LogP contribution in [0.2, 0.25) is 0 Å². The van der Waals surface area contributed by atoms with Crippen molar-refractivity contribution in [2.24, 2.45) is 0 Å². The Morgan fingerprint density at radius 3 is 1.03 bits per heavy atom. The first kappa shape index (κ1) is 36.8. The first-order chi connectivity index (χ1) is 16.5. The van der Waals surface area contributed by atoms with Crippen LogP contribution in [0, 0.1) is 0 Å². The van der Waals surface area contributed by atoms with Crippen LogP contribution in [0.15, 0.2) is 0 Å². The van der Waals surface area contributed by atoms with Crippen molar-refractivity contribution in [3.63, 3.8) is 0 Å². The third kappa shape index (κ3) is 26.5. The van der Waals surface area contributed by atoms with Gasteiger partial charge in [-0.05, 0) is 12.8 Å². The van der Waals surface area contributed by atoms with Crippen LogP contribution in [0.1, 0.15) is 155 Å². The fraction of sp³-hybridized carbons (Fsp3) is 0.893. The zero-order chi connectivity index (χ0) is 25.3. The monoisotopic (exact) mass is 526 g/mol. The topological polar surface area (TPSA) is 89.9 Å². The first-order valence-corrected chi connectivity index (χ1v) is 14.1. The van der Waals surface area contributed by atoms with Crippen LogP contribution in [0.3, 0.4) is 0 Å². The normalized spacial score (nSPS) is 11.5. The fourth-order valence-corrected chi connectivity index (χ4v) is 4.00. The molecular weight excluding hydrogens is 472 g/mol. The van der Waals surface area contributed by atoms with Gasteiger partial charge in [0.2, 0.25) is 0 Å². The molecule has 35 heavy (non-hydrogen) atoms. The molecule has 0 fully saturated rings. The van der Waals surface area contributed by atoms with Crippen LogP contribution in [-0.2, 0) is 23.9 Å². The average molecular weight is 527 g/mol. The van der Waals surface area contributed by atoms with Crippen molar-refractivity contribution in [2.75, 3.05) is 0 Å². The van der Waals surface area contributed by atoms with Gasteiger partial charge in [-0.15, -0.1) is 0 Å². The number of unbranched alkanes of at least 4 members (excludes halogenated alkanes) is 18. The molecule has 0 saturated heterocycles. The summed E-state index contributed by atoms with van der Waals surface area (Å²) in [5.74, 6) is -2.72. The summed E-state index contributed by atoms with van der Waals surface area (Å²) < 4.78 is 9.70. The second-order valence-electron chi connectivity index (χ2n) is 9.51. The predicted molar refractivity (Wildman–Crippen MR) is 145 cm³/mol. The second kappa shape index (κ2) is 28.2. The molecule has 204 valence electrons. The third-order valence-electron chi connectivity index (χ3n) is 6.15. The number of ether oxygens (including phenoxy) is 2. The van der Waals surface area contributed by atoms with Crippen molar-refractivity contribution >= 4 is 55.6 Å². The van der Waals surface area contributed by atoms with Crippen LogP contribution < -0.4 is 0 Å². The van der Waals surface area contributed by atoms with Crippen LogP contribution in [0.5, 0.6) is 0 Å². The van der Waals surface area contributed by atoms with Crippen molar-refractivity contribution in [3.05, 3.63) is 0 Å². The molecule has 0 amide bonds. The van der Waals surface area contributed by atoms with E-state index in [1.54, 1.807) is 0 Å². The van der Waals surface area contributed by atoms with Gasteiger partial charge in [0.25, 0.3) is 0 Å². The van der Waals surface area contributed by atoms with Gasteiger partial charge in [0.15, 0.2) is 0 Å². The van der Waals surface area contributed by atoms with Crippen LogP contribution in [-0.4, -0.2) is 67.0 Å². The van der Waals surface area contributed by atoms with Gasteiger partial charge in [0.1, 0.15) is 0 Å². The molecule has 7 heteroatoms. The summed E-state index contributed by atoms with van der Waals surface area (Å²) in [6.45, 7) is 4.36. The van der Waals surface area contributed by atoms with Gasteiger partial charge in [-0.3, -0.25) is 9.59 Å². The van der Waals surface area contributed by atoms with Crippen molar-refractivity contribution in [2.45, 2.75) is 161 Å². The van der Waals surface area contributed by atoms with E-state index in [0.29, 0.717) is 12.8 Å². The maximum atomic E-state index is 11.9. The van der Waals surface area contributed by atoms with Crippen LogP contribution in [0.25, 0.3) is 0 Å². The number of hydrogen-bond acceptors (Lipinski definition) is 5. The molecule has 0 radical (unpaired) electrons. The molecule has 0 heterocycles. The summed E-state index contributed by atoms with van der Waals surface area (Å²) in [6, 6.07) is 0. The quantitative estimate of drug-likeness (QED) is 0.0586. The van der Waals surface area contributed by atoms with Crippen molar-refractivity contribution in [1.82, 2.24) is 0 Å². The molecule has 0 bridgehead atoms. The summed E-state index contributed by atoms with van der Waals surface area (Å²) in [5, 5.41) is 9.16. The van der Waals surface area contributed by atoms with E-state index in [1.807, 2.05) is 0 Å². The zero-order valence-corrected chi connectivity index (χ0v) is 22.1. The summed E-state index contributed by atoms with van der Waals surface area (Å²) >= 11 is 0. The number of esters is 2. The number of carbonyl (C=O) groups excluding carboxylic acids is 2. The molecule has 0 rings (SSSR count). The molecular formula is C28H54CaO6. The minimum atomic E-state index is -1.84. The Bertz CT molecular complexity index is 512. The van der Waals surface area contributed by atoms with E-state index in [2.05, 4.69) is 13.8 Å². The van der Waals surface area contributed by atoms with Gasteiger partial charge in [-0.1, -0.05) is 129 Å². The summed E-state index contributed by atoms with van der Waals surface area (Å²) in [6.07, 6.45) is 21.8. The molecule has 0 spiro atoms. The average Bonchev–Trinajstić information content (AvgIpc) is 2.81. The van der Waals surface area contributed by atoms with Gasteiger partial charge < -0.3 is 14.6 Å².